The molecule has 8 nitrogen and oxygen atoms in total. The van der Waals surface area contributed by atoms with Gasteiger partial charge in [-0.3, -0.25) is 0 Å². The predicted molar refractivity (Wildman–Crippen MR) is 158 cm³/mol. The fourth-order valence-electron chi connectivity index (χ4n) is 4.14. The molecule has 0 aliphatic carbocycles. The van der Waals surface area contributed by atoms with E-state index in [2.05, 4.69) is 34.4 Å². The lowest BCUT2D eigenvalue weighted by Gasteiger charge is -2.17. The van der Waals surface area contributed by atoms with Crippen LogP contribution in [-0.2, 0) is 4.57 Å². The van der Waals surface area contributed by atoms with Crippen molar-refractivity contribution in [3.63, 3.8) is 0 Å². The first-order valence-electron chi connectivity index (χ1n) is 12.7. The molecule has 3 N–H and O–H groups in total. The van der Waals surface area contributed by atoms with Crippen LogP contribution < -0.4 is 25.4 Å². The Morgan fingerprint density at radius 3 is 2.63 bits per heavy atom. The van der Waals surface area contributed by atoms with Crippen LogP contribution in [0.25, 0.3) is 11.0 Å². The molecule has 0 radical (unpaired) electrons. The molecule has 2 heterocycles. The molecule has 0 bridgehead atoms. The molecule has 0 amide bonds. The molecule has 10 heteroatoms. The minimum Gasteiger partial charge on any atom is -0.495 e. The van der Waals surface area contributed by atoms with E-state index in [0.29, 0.717) is 57.5 Å². The Morgan fingerprint density at radius 1 is 1.11 bits per heavy atom. The van der Waals surface area contributed by atoms with Crippen LogP contribution in [0, 0.1) is 5.92 Å². The molecule has 0 spiro atoms. The molecule has 1 atom stereocenters. The topological polar surface area (TPSA) is 101 Å². The van der Waals surface area contributed by atoms with E-state index < -0.39 is 7.14 Å². The van der Waals surface area contributed by atoms with Gasteiger partial charge in [0.25, 0.3) is 0 Å². The van der Waals surface area contributed by atoms with Gasteiger partial charge in [0, 0.05) is 17.6 Å². The third kappa shape index (κ3) is 6.61. The summed E-state index contributed by atoms with van der Waals surface area (Å²) in [7, 11) is -0.935. The number of hydrogen-bond donors (Lipinski definition) is 3. The number of ether oxygens (including phenoxy) is 2. The van der Waals surface area contributed by atoms with Gasteiger partial charge in [-0.25, -0.2) is 0 Å². The van der Waals surface area contributed by atoms with Gasteiger partial charge in [-0.1, -0.05) is 44.0 Å². The number of methoxy groups -OCH3 is 1. The Labute approximate surface area is 228 Å². The minimum absolute atomic E-state index is 0.333. The Kier molecular flexibility index (Phi) is 8.85. The van der Waals surface area contributed by atoms with Crippen LogP contribution in [-0.4, -0.2) is 42.0 Å². The zero-order valence-electron chi connectivity index (χ0n) is 22.5. The van der Waals surface area contributed by atoms with Gasteiger partial charge in [0.2, 0.25) is 5.95 Å². The number of aromatic nitrogens is 3. The van der Waals surface area contributed by atoms with E-state index in [9.17, 15) is 4.57 Å². The Hall–Kier alpha value is -3.22. The predicted octanol–water partition coefficient (Wildman–Crippen LogP) is 7.56. The molecular weight excluding hydrogens is 521 g/mol. The van der Waals surface area contributed by atoms with Gasteiger partial charge in [0.15, 0.2) is 0 Å². The molecule has 2 aromatic heterocycles. The quantitative estimate of drug-likeness (QED) is 0.122. The summed E-state index contributed by atoms with van der Waals surface area (Å²) in [5, 5.41) is 8.46. The van der Waals surface area contributed by atoms with E-state index in [1.807, 2.05) is 42.5 Å². The monoisotopic (exact) mass is 555 g/mol. The van der Waals surface area contributed by atoms with Gasteiger partial charge in [-0.05, 0) is 56.4 Å². The lowest BCUT2D eigenvalue weighted by Crippen LogP contribution is -2.11. The molecule has 202 valence electrons. The van der Waals surface area contributed by atoms with E-state index >= 15 is 0 Å². The second kappa shape index (κ2) is 12.1. The maximum absolute atomic E-state index is 12.9. The van der Waals surface area contributed by atoms with E-state index in [1.165, 1.54) is 6.42 Å². The summed E-state index contributed by atoms with van der Waals surface area (Å²) >= 11 is 6.48. The second-order valence-corrected chi connectivity index (χ2v) is 13.3. The molecule has 0 unspecified atom stereocenters. The number of benzene rings is 2. The highest BCUT2D eigenvalue weighted by atomic mass is 35.5. The number of aromatic amines is 1. The van der Waals surface area contributed by atoms with Crippen LogP contribution in [0.2, 0.25) is 5.02 Å². The van der Waals surface area contributed by atoms with Crippen molar-refractivity contribution in [3.8, 4) is 11.5 Å². The number of nitrogens with zero attached hydrogens (tertiary/aromatic N) is 2. The summed E-state index contributed by atoms with van der Waals surface area (Å²) in [6.45, 7) is 8.59. The number of nitrogens with one attached hydrogen (secondary N) is 3. The first-order valence-corrected chi connectivity index (χ1v) is 15.7. The highest BCUT2D eigenvalue weighted by Gasteiger charge is 2.19. The maximum Gasteiger partial charge on any atom is 0.231 e. The SMILES string of the molecule is CC[C@H](C)CCCOc1ccc(OC)c(Nc2nc(Nc3ccccc3P(C)(C)=O)c3c(Cl)c[nH]c3n2)c1. The molecule has 0 fully saturated rings. The van der Waals surface area contributed by atoms with Crippen molar-refractivity contribution in [1.29, 1.82) is 0 Å². The van der Waals surface area contributed by atoms with Crippen LogP contribution >= 0.6 is 18.7 Å². The molecule has 2 aromatic carbocycles. The number of halogens is 1. The number of para-hydroxylation sites is 1. The molecule has 0 saturated carbocycles. The molecular formula is C28H35ClN5O3P. The van der Waals surface area contributed by atoms with Gasteiger partial charge >= 0.3 is 0 Å². The average Bonchev–Trinajstić information content (AvgIpc) is 3.27. The zero-order chi connectivity index (χ0) is 27.3. The van der Waals surface area contributed by atoms with E-state index in [-0.39, 0.29) is 0 Å². The smallest absolute Gasteiger partial charge is 0.231 e. The summed E-state index contributed by atoms with van der Waals surface area (Å²) in [6.07, 6.45) is 4.97. The summed E-state index contributed by atoms with van der Waals surface area (Å²) < 4.78 is 24.5. The zero-order valence-corrected chi connectivity index (χ0v) is 24.1. The van der Waals surface area contributed by atoms with Crippen LogP contribution in [0.15, 0.2) is 48.7 Å². The number of fused-ring (bicyclic) bond motifs is 1. The fraction of sp³-hybridized carbons (Fsp3) is 0.357. The number of H-pyrrole nitrogens is 1. The van der Waals surface area contributed by atoms with Crippen LogP contribution in [0.3, 0.4) is 0 Å². The molecule has 0 aliphatic rings. The minimum atomic E-state index is -2.55. The van der Waals surface area contributed by atoms with Crippen molar-refractivity contribution in [2.45, 2.75) is 33.1 Å². The van der Waals surface area contributed by atoms with Crippen LogP contribution in [0.1, 0.15) is 33.1 Å². The van der Waals surface area contributed by atoms with Crippen LogP contribution in [0.5, 0.6) is 11.5 Å². The van der Waals surface area contributed by atoms with E-state index in [0.717, 1.165) is 23.9 Å². The van der Waals surface area contributed by atoms with Crippen molar-refractivity contribution in [3.05, 3.63) is 53.7 Å². The van der Waals surface area contributed by atoms with Gasteiger partial charge in [0.1, 0.15) is 30.1 Å². The van der Waals surface area contributed by atoms with E-state index in [1.54, 1.807) is 26.6 Å². The summed E-state index contributed by atoms with van der Waals surface area (Å²) in [5.41, 5.74) is 1.93. The third-order valence-corrected chi connectivity index (χ3v) is 8.29. The maximum atomic E-state index is 12.9. The standard InChI is InChI=1S/C28H35ClN5O3P/c1-6-18(2)10-9-15-37-19-13-14-23(36-3)22(16-19)32-28-33-26-25(20(29)17-30-26)27(34-28)31-21-11-7-8-12-24(21)38(4,5)35/h7-8,11-14,16-18H,6,9-10,15H2,1-5H3,(H3,30,31,32,33,34)/t18-/m0/s1. The number of anilines is 4. The lowest BCUT2D eigenvalue weighted by molar-refractivity contribution is 0.293. The van der Waals surface area contributed by atoms with Crippen molar-refractivity contribution in [2.24, 2.45) is 5.92 Å². The summed E-state index contributed by atoms with van der Waals surface area (Å²) in [6, 6.07) is 13.1. The molecule has 38 heavy (non-hydrogen) atoms. The molecule has 0 aliphatic heterocycles. The van der Waals surface area contributed by atoms with Gasteiger partial charge < -0.3 is 29.7 Å². The first-order chi connectivity index (χ1) is 18.2. The molecule has 4 aromatic rings. The largest absolute Gasteiger partial charge is 0.495 e. The summed E-state index contributed by atoms with van der Waals surface area (Å²) in [4.78, 5) is 12.5. The Morgan fingerprint density at radius 2 is 1.89 bits per heavy atom. The average molecular weight is 556 g/mol. The van der Waals surface area contributed by atoms with Crippen molar-refractivity contribution < 1.29 is 14.0 Å². The van der Waals surface area contributed by atoms with Gasteiger partial charge in [0.05, 0.1) is 35.5 Å². The second-order valence-electron chi connectivity index (χ2n) is 9.74. The molecule has 4 rings (SSSR count). The lowest BCUT2D eigenvalue weighted by atomic mass is 10.0. The molecule has 0 saturated heterocycles. The Balaban J connectivity index is 1.64. The summed E-state index contributed by atoms with van der Waals surface area (Å²) in [5.74, 6) is 2.87. The van der Waals surface area contributed by atoms with Crippen molar-refractivity contribution in [2.75, 3.05) is 37.7 Å². The normalized spacial score (nSPS) is 12.4. The third-order valence-electron chi connectivity index (χ3n) is 6.45. The van der Waals surface area contributed by atoms with Gasteiger partial charge in [-0.2, -0.15) is 9.97 Å². The van der Waals surface area contributed by atoms with Crippen LogP contribution in [0.4, 0.5) is 23.1 Å². The number of rotatable bonds is 12. The van der Waals surface area contributed by atoms with Gasteiger partial charge in [-0.15, -0.1) is 0 Å². The Bertz CT molecular complexity index is 1450. The first kappa shape index (κ1) is 27.8. The van der Waals surface area contributed by atoms with Crippen molar-refractivity contribution >= 4 is 58.2 Å². The van der Waals surface area contributed by atoms with Crippen molar-refractivity contribution in [1.82, 2.24) is 15.0 Å². The fourth-order valence-corrected chi connectivity index (χ4v) is 5.53. The number of hydrogen-bond acceptors (Lipinski definition) is 7. The van der Waals surface area contributed by atoms with E-state index in [4.69, 9.17) is 26.1 Å². The highest BCUT2D eigenvalue weighted by Crippen LogP contribution is 2.39. The highest BCUT2D eigenvalue weighted by molar-refractivity contribution is 7.70.